The fraction of sp³-hybridized carbons (Fsp3) is 0.0208. The fourth-order valence-corrected chi connectivity index (χ4v) is 16.2. The van der Waals surface area contributed by atoms with Crippen LogP contribution in [0.1, 0.15) is 0 Å². The minimum atomic E-state index is -1.54. The maximum absolute atomic E-state index is 13.5. The molecule has 504 valence electrons. The highest BCUT2D eigenvalue weighted by Crippen LogP contribution is 2.48. The van der Waals surface area contributed by atoms with E-state index < -0.39 is 7.12 Å². The van der Waals surface area contributed by atoms with Gasteiger partial charge in [-0.15, -0.1) is 0 Å². The molecular formula is C96H66BBrN4O4. The van der Waals surface area contributed by atoms with Crippen LogP contribution in [-0.4, -0.2) is 35.4 Å². The predicted octanol–water partition coefficient (Wildman–Crippen LogP) is 22.3. The second-order valence-corrected chi connectivity index (χ2v) is 28.1. The normalized spacial score (nSPS) is 11.5. The highest BCUT2D eigenvalue weighted by Gasteiger charge is 2.23. The zero-order valence-electron chi connectivity index (χ0n) is 57.9. The molecule has 0 amide bonds. The van der Waals surface area contributed by atoms with Gasteiger partial charge in [0.1, 0.15) is 0 Å². The van der Waals surface area contributed by atoms with Crippen LogP contribution in [-0.2, 0) is 14.1 Å². The van der Waals surface area contributed by atoms with E-state index in [4.69, 9.17) is 0 Å². The van der Waals surface area contributed by atoms with Crippen molar-refractivity contribution in [1.82, 2.24) is 18.3 Å². The molecule has 10 heteroatoms. The molecule has 0 saturated heterocycles. The first-order chi connectivity index (χ1) is 52.0. The predicted molar refractivity (Wildman–Crippen MR) is 448 cm³/mol. The third kappa shape index (κ3) is 11.5. The van der Waals surface area contributed by atoms with Crippen molar-refractivity contribution in [3.8, 4) is 67.0 Å². The molecule has 0 radical (unpaired) electrons. The Bertz CT molecular complexity index is 7040. The number of nitrogens with zero attached hydrogens (tertiary/aromatic N) is 4. The van der Waals surface area contributed by atoms with E-state index in [9.17, 15) is 19.6 Å². The molecule has 20 aromatic rings. The highest BCUT2D eigenvalue weighted by molar-refractivity contribution is 9.10. The first kappa shape index (κ1) is 65.1. The van der Waals surface area contributed by atoms with E-state index >= 15 is 0 Å². The van der Waals surface area contributed by atoms with E-state index in [1.54, 1.807) is 20.7 Å². The lowest BCUT2D eigenvalue weighted by Crippen LogP contribution is -2.29. The van der Waals surface area contributed by atoms with Gasteiger partial charge in [-0.25, -0.2) is 9.59 Å². The van der Waals surface area contributed by atoms with Crippen LogP contribution in [0.5, 0.6) is 0 Å². The van der Waals surface area contributed by atoms with Gasteiger partial charge in [-0.2, -0.15) is 0 Å². The van der Waals surface area contributed by atoms with Crippen molar-refractivity contribution in [1.29, 1.82) is 0 Å². The third-order valence-electron chi connectivity index (χ3n) is 21.0. The smallest absolute Gasteiger partial charge is 0.423 e. The summed E-state index contributed by atoms with van der Waals surface area (Å²) in [5.74, 6) is 0. The average molecular weight is 1430 g/mol. The fourth-order valence-electron chi connectivity index (χ4n) is 15.8. The monoisotopic (exact) mass is 1430 g/mol. The number of para-hydroxylation sites is 2. The van der Waals surface area contributed by atoms with E-state index in [0.717, 1.165) is 87.5 Å². The Morgan fingerprint density at radius 1 is 0.255 bits per heavy atom. The summed E-state index contributed by atoms with van der Waals surface area (Å²) in [6.45, 7) is 0. The van der Waals surface area contributed by atoms with Crippen LogP contribution in [0.25, 0.3) is 175 Å². The summed E-state index contributed by atoms with van der Waals surface area (Å²) in [4.78, 5) is 25.8. The number of hydrogen-bond donors (Lipinski definition) is 2. The molecule has 0 bridgehead atoms. The van der Waals surface area contributed by atoms with Crippen LogP contribution in [0, 0.1) is 0 Å². The van der Waals surface area contributed by atoms with Crippen LogP contribution in [0.4, 0.5) is 0 Å². The SMILES string of the molecule is Cn1c(=O)n(-c2ccccc2)c2cc(-c3ccc4c(-c5ccc6ccccc6c5)c5ccccc5c(-c5ccc6ccccc6c5)c4c3)ccc21.Cn1c(=O)n(-c2ccccc2)c2cc(Br)ccc21.OB(O)c1ccc2c(-c3ccc4ccccc4c3)c3ccccc3c(-c3ccc4ccccc4c3)c2c1. The quantitative estimate of drug-likeness (QED) is 0.117. The van der Waals surface area contributed by atoms with Crippen molar-refractivity contribution < 1.29 is 10.0 Å². The van der Waals surface area contributed by atoms with Crippen molar-refractivity contribution in [2.24, 2.45) is 14.1 Å². The van der Waals surface area contributed by atoms with E-state index in [1.165, 1.54) is 92.3 Å². The van der Waals surface area contributed by atoms with Gasteiger partial charge in [0.15, 0.2) is 0 Å². The first-order valence-electron chi connectivity index (χ1n) is 35.5. The molecule has 18 aromatic carbocycles. The van der Waals surface area contributed by atoms with Crippen LogP contribution in [0.15, 0.2) is 366 Å². The molecule has 0 spiro atoms. The summed E-state index contributed by atoms with van der Waals surface area (Å²) >= 11 is 3.45. The summed E-state index contributed by atoms with van der Waals surface area (Å²) in [7, 11) is 2.09. The van der Waals surface area contributed by atoms with Gasteiger partial charge >= 0.3 is 18.5 Å². The molecule has 0 fully saturated rings. The lowest BCUT2D eigenvalue weighted by atomic mass is 9.77. The molecule has 0 saturated carbocycles. The standard InChI is InChI=1S/C48H32N2O.C34H23BO2.C14H11BrN2O/c1-49-44-26-24-36(30-45(44)50(48(49)51)39-15-3-2-4-16-39)35-23-25-42-43(29-35)47(38-22-20-32-12-6-8-14-34(32)28-38)41-18-10-9-17-40(41)46(42)37-21-19-31-11-5-7-13-33(31)27-37;36-35(37)28-17-18-31-32(21-28)34(27-16-14-23-8-2-4-10-25(23)20-27)30-12-6-5-11-29(30)33(31)26-15-13-22-7-1-3-9-24(22)19-26;1-16-12-8-7-10(15)9-13(12)17(14(16)18)11-5-3-2-4-6-11/h2-30H,1H3;1-21,36-37H;2-9H,1H3. The molecule has 0 atom stereocenters. The van der Waals surface area contributed by atoms with E-state index in [1.807, 2.05) is 109 Å². The highest BCUT2D eigenvalue weighted by atomic mass is 79.9. The number of fused-ring (bicyclic) bond motifs is 10. The zero-order valence-corrected chi connectivity index (χ0v) is 59.5. The Morgan fingerprint density at radius 3 is 0.962 bits per heavy atom. The minimum Gasteiger partial charge on any atom is -0.423 e. The molecule has 8 nitrogen and oxygen atoms in total. The summed E-state index contributed by atoms with van der Waals surface area (Å²) in [5, 5.41) is 39.0. The second-order valence-electron chi connectivity index (χ2n) is 27.1. The molecule has 20 rings (SSSR count). The van der Waals surface area contributed by atoms with E-state index in [-0.39, 0.29) is 11.4 Å². The number of imidazole rings is 2. The van der Waals surface area contributed by atoms with Crippen molar-refractivity contribution >= 4 is 137 Å². The molecule has 0 aliphatic heterocycles. The number of aryl methyl sites for hydroxylation is 2. The maximum Gasteiger partial charge on any atom is 0.488 e. The van der Waals surface area contributed by atoms with Crippen LogP contribution in [0.3, 0.4) is 0 Å². The average Bonchev–Trinajstić information content (AvgIpc) is 1.06. The molecule has 2 aromatic heterocycles. The van der Waals surface area contributed by atoms with Crippen LogP contribution < -0.4 is 16.8 Å². The van der Waals surface area contributed by atoms with Gasteiger partial charge in [0.25, 0.3) is 0 Å². The van der Waals surface area contributed by atoms with Crippen LogP contribution in [0.2, 0.25) is 0 Å². The van der Waals surface area contributed by atoms with Crippen molar-refractivity contribution in [2.75, 3.05) is 0 Å². The van der Waals surface area contributed by atoms with Gasteiger partial charge < -0.3 is 10.0 Å². The van der Waals surface area contributed by atoms with Gasteiger partial charge in [-0.05, 0) is 232 Å². The summed E-state index contributed by atoms with van der Waals surface area (Å²) in [6.07, 6.45) is 0. The molecule has 0 aliphatic carbocycles. The topological polar surface area (TPSA) is 94.3 Å². The molecule has 0 aliphatic rings. The third-order valence-corrected chi connectivity index (χ3v) is 21.5. The number of rotatable bonds is 8. The lowest BCUT2D eigenvalue weighted by molar-refractivity contribution is 0.426. The van der Waals surface area contributed by atoms with Gasteiger partial charge in [0, 0.05) is 18.6 Å². The Balaban J connectivity index is 0.000000126. The number of benzene rings is 18. The van der Waals surface area contributed by atoms with Gasteiger partial charge in [-0.3, -0.25) is 18.3 Å². The van der Waals surface area contributed by atoms with Gasteiger partial charge in [0.2, 0.25) is 0 Å². The number of aromatic nitrogens is 4. The number of hydrogen-bond acceptors (Lipinski definition) is 4. The Hall–Kier alpha value is -13.0. The zero-order chi connectivity index (χ0) is 71.7. The summed E-state index contributed by atoms with van der Waals surface area (Å²) in [5.41, 5.74) is 17.2. The Morgan fingerprint density at radius 2 is 0.557 bits per heavy atom. The van der Waals surface area contributed by atoms with Crippen molar-refractivity contribution in [3.63, 3.8) is 0 Å². The maximum atomic E-state index is 13.5. The van der Waals surface area contributed by atoms with Gasteiger partial charge in [0.05, 0.1) is 33.4 Å². The molecule has 2 heterocycles. The molecule has 2 N–H and O–H groups in total. The largest absolute Gasteiger partial charge is 0.488 e. The number of halogens is 1. The Kier molecular flexibility index (Phi) is 16.6. The minimum absolute atomic E-state index is 0.0331. The van der Waals surface area contributed by atoms with E-state index in [2.05, 4.69) is 271 Å². The lowest BCUT2D eigenvalue weighted by Gasteiger charge is -2.19. The Labute approximate surface area is 619 Å². The molecule has 0 unspecified atom stereocenters. The summed E-state index contributed by atoms with van der Waals surface area (Å²) < 4.78 is 7.89. The van der Waals surface area contributed by atoms with Gasteiger partial charge in [-0.1, -0.05) is 283 Å². The van der Waals surface area contributed by atoms with Crippen molar-refractivity contribution in [3.05, 3.63) is 377 Å². The van der Waals surface area contributed by atoms with Crippen LogP contribution >= 0.6 is 15.9 Å². The summed E-state index contributed by atoms with van der Waals surface area (Å²) in [6, 6.07) is 123. The first-order valence-corrected chi connectivity index (χ1v) is 36.3. The second kappa shape index (κ2) is 27.0. The van der Waals surface area contributed by atoms with E-state index in [0.29, 0.717) is 5.46 Å². The molecular weight excluding hydrogens is 1360 g/mol. The van der Waals surface area contributed by atoms with Crippen molar-refractivity contribution in [2.45, 2.75) is 0 Å². The molecule has 106 heavy (non-hydrogen) atoms.